The van der Waals surface area contributed by atoms with Crippen molar-refractivity contribution in [1.82, 2.24) is 0 Å². The third-order valence-corrected chi connectivity index (χ3v) is 5.28. The Balaban J connectivity index is 3.55. The Morgan fingerprint density at radius 3 is 1.29 bits per heavy atom. The molecule has 0 amide bonds. The summed E-state index contributed by atoms with van der Waals surface area (Å²) in [7, 11) is 4.41. The minimum absolute atomic E-state index is 0.279. The molecule has 170 valence electrons. The first-order valence-electron chi connectivity index (χ1n) is 9.44. The van der Waals surface area contributed by atoms with Crippen molar-refractivity contribution in [3.8, 4) is 0 Å². The van der Waals surface area contributed by atoms with Gasteiger partial charge in [-0.3, -0.25) is 24.0 Å². The molecule has 1 aromatic carbocycles. The number of methoxy groups -OCH3 is 4. The predicted octanol–water partition coefficient (Wildman–Crippen LogP) is 1.97. The smallest absolute Gasteiger partial charge is 0.322 e. The van der Waals surface area contributed by atoms with Gasteiger partial charge in [0.25, 0.3) is 0 Å². The molecule has 0 fully saturated rings. The Morgan fingerprint density at radius 2 is 1.00 bits per heavy atom. The fourth-order valence-corrected chi connectivity index (χ4v) is 3.48. The van der Waals surface area contributed by atoms with Gasteiger partial charge >= 0.3 is 23.9 Å². The number of hydrogen-bond acceptors (Lipinski definition) is 9. The summed E-state index contributed by atoms with van der Waals surface area (Å²) in [6.07, 6.45) is -0.743. The van der Waals surface area contributed by atoms with Crippen molar-refractivity contribution in [2.24, 2.45) is 16.7 Å². The van der Waals surface area contributed by atoms with Gasteiger partial charge in [0.15, 0.2) is 16.6 Å². The SMILES string of the molecule is COC(=O)C(C)(CC(CC(C)(C(=O)OC)C(=O)OC)C(=O)c1ccccc1)C(=O)OC. The molecule has 0 saturated heterocycles. The lowest BCUT2D eigenvalue weighted by Gasteiger charge is -2.32. The summed E-state index contributed by atoms with van der Waals surface area (Å²) in [5, 5.41) is 0. The van der Waals surface area contributed by atoms with E-state index in [4.69, 9.17) is 18.9 Å². The molecule has 1 aromatic rings. The minimum Gasteiger partial charge on any atom is -0.468 e. The van der Waals surface area contributed by atoms with Gasteiger partial charge < -0.3 is 18.9 Å². The first-order chi connectivity index (χ1) is 14.5. The average molecular weight is 436 g/mol. The zero-order chi connectivity index (χ0) is 23.8. The fraction of sp³-hybridized carbons (Fsp3) is 0.500. The summed E-state index contributed by atoms with van der Waals surface area (Å²) < 4.78 is 19.0. The van der Waals surface area contributed by atoms with Gasteiger partial charge in [0.05, 0.1) is 28.4 Å². The van der Waals surface area contributed by atoms with E-state index in [-0.39, 0.29) is 18.4 Å². The average Bonchev–Trinajstić information content (AvgIpc) is 2.80. The van der Waals surface area contributed by atoms with Crippen molar-refractivity contribution in [3.05, 3.63) is 35.9 Å². The van der Waals surface area contributed by atoms with E-state index in [1.807, 2.05) is 0 Å². The van der Waals surface area contributed by atoms with Gasteiger partial charge in [-0.05, 0) is 26.7 Å². The molecule has 0 atom stereocenters. The number of Topliss-reactive ketones (excluding diaryl/α,β-unsaturated/α-hetero) is 1. The number of esters is 4. The topological polar surface area (TPSA) is 122 Å². The van der Waals surface area contributed by atoms with E-state index in [1.54, 1.807) is 30.3 Å². The molecule has 9 heteroatoms. The number of ether oxygens (including phenoxy) is 4. The highest BCUT2D eigenvalue weighted by molar-refractivity contribution is 6.04. The molecule has 0 heterocycles. The number of ketones is 1. The molecule has 1 rings (SSSR count). The van der Waals surface area contributed by atoms with Crippen LogP contribution in [0.3, 0.4) is 0 Å². The molecule has 0 bridgehead atoms. The number of benzene rings is 1. The molecule has 9 nitrogen and oxygen atoms in total. The van der Waals surface area contributed by atoms with E-state index in [0.717, 1.165) is 28.4 Å². The summed E-state index contributed by atoms with van der Waals surface area (Å²) >= 11 is 0. The first-order valence-corrected chi connectivity index (χ1v) is 9.44. The van der Waals surface area contributed by atoms with Crippen LogP contribution in [0.4, 0.5) is 0 Å². The standard InChI is InChI=1S/C22H28O9/c1-21(17(24)28-3,18(25)29-4)12-15(16(23)14-10-8-7-9-11-14)13-22(2,19(26)30-5)20(27)31-6/h7-11,15H,12-13H2,1-6H3. The lowest BCUT2D eigenvalue weighted by molar-refractivity contribution is -0.170. The van der Waals surface area contributed by atoms with Crippen LogP contribution in [0.5, 0.6) is 0 Å². The van der Waals surface area contributed by atoms with Gasteiger partial charge in [-0.15, -0.1) is 0 Å². The molecule has 0 aliphatic heterocycles. The molecule has 31 heavy (non-hydrogen) atoms. The number of hydrogen-bond donors (Lipinski definition) is 0. The van der Waals surface area contributed by atoms with E-state index < -0.39 is 46.4 Å². The molecule has 0 radical (unpaired) electrons. The van der Waals surface area contributed by atoms with Crippen molar-refractivity contribution in [2.75, 3.05) is 28.4 Å². The molecule has 0 aromatic heterocycles. The van der Waals surface area contributed by atoms with Crippen LogP contribution in [0, 0.1) is 16.7 Å². The van der Waals surface area contributed by atoms with Crippen LogP contribution >= 0.6 is 0 Å². The number of carbonyl (C=O) groups is 5. The zero-order valence-electron chi connectivity index (χ0n) is 18.6. The summed E-state index contributed by atoms with van der Waals surface area (Å²) in [6.45, 7) is 2.56. The van der Waals surface area contributed by atoms with Gasteiger partial charge in [-0.1, -0.05) is 30.3 Å². The monoisotopic (exact) mass is 436 g/mol. The van der Waals surface area contributed by atoms with Crippen molar-refractivity contribution in [2.45, 2.75) is 26.7 Å². The van der Waals surface area contributed by atoms with E-state index in [1.165, 1.54) is 13.8 Å². The molecular formula is C22H28O9. The molecule has 0 saturated carbocycles. The number of carbonyl (C=O) groups excluding carboxylic acids is 5. The van der Waals surface area contributed by atoms with Crippen LogP contribution in [-0.2, 0) is 38.1 Å². The zero-order valence-corrected chi connectivity index (χ0v) is 18.6. The van der Waals surface area contributed by atoms with E-state index in [9.17, 15) is 24.0 Å². The molecule has 0 spiro atoms. The quantitative estimate of drug-likeness (QED) is 0.234. The Hall–Kier alpha value is -3.23. The summed E-state index contributed by atoms with van der Waals surface area (Å²) in [6, 6.07) is 8.10. The van der Waals surface area contributed by atoms with Crippen LogP contribution in [0.25, 0.3) is 0 Å². The molecule has 0 unspecified atom stereocenters. The van der Waals surface area contributed by atoms with E-state index >= 15 is 0 Å². The summed E-state index contributed by atoms with van der Waals surface area (Å²) in [5.74, 6) is -5.26. The van der Waals surface area contributed by atoms with Crippen molar-refractivity contribution < 1.29 is 42.9 Å². The lowest BCUT2D eigenvalue weighted by atomic mass is 9.71. The largest absolute Gasteiger partial charge is 0.468 e. The fourth-order valence-electron chi connectivity index (χ4n) is 3.48. The normalized spacial score (nSPS) is 11.5. The number of rotatable bonds is 10. The highest BCUT2D eigenvalue weighted by Crippen LogP contribution is 2.38. The van der Waals surface area contributed by atoms with Crippen molar-refractivity contribution in [3.63, 3.8) is 0 Å². The van der Waals surface area contributed by atoms with Gasteiger partial charge in [0, 0.05) is 11.5 Å². The Labute approximate surface area is 181 Å². The molecule has 0 aliphatic rings. The van der Waals surface area contributed by atoms with Crippen LogP contribution < -0.4 is 0 Å². The predicted molar refractivity (Wildman–Crippen MR) is 108 cm³/mol. The van der Waals surface area contributed by atoms with Gasteiger partial charge in [0.2, 0.25) is 0 Å². The Bertz CT molecular complexity index is 753. The van der Waals surface area contributed by atoms with E-state index in [0.29, 0.717) is 0 Å². The van der Waals surface area contributed by atoms with Gasteiger partial charge in [-0.25, -0.2) is 0 Å². The Kier molecular flexibility index (Phi) is 8.90. The third kappa shape index (κ3) is 5.48. The van der Waals surface area contributed by atoms with Gasteiger partial charge in [-0.2, -0.15) is 0 Å². The summed E-state index contributed by atoms with van der Waals surface area (Å²) in [4.78, 5) is 63.2. The molecular weight excluding hydrogens is 408 g/mol. The van der Waals surface area contributed by atoms with Crippen LogP contribution in [0.1, 0.15) is 37.0 Å². The van der Waals surface area contributed by atoms with Crippen molar-refractivity contribution >= 4 is 29.7 Å². The maximum atomic E-state index is 13.3. The Morgan fingerprint density at radius 1 is 0.677 bits per heavy atom. The maximum Gasteiger partial charge on any atom is 0.322 e. The van der Waals surface area contributed by atoms with Crippen LogP contribution in [0.15, 0.2) is 30.3 Å². The highest BCUT2D eigenvalue weighted by atomic mass is 16.6. The first kappa shape index (κ1) is 25.8. The van der Waals surface area contributed by atoms with Crippen LogP contribution in [-0.4, -0.2) is 58.1 Å². The third-order valence-electron chi connectivity index (χ3n) is 5.28. The second kappa shape index (κ2) is 10.7. The molecule has 0 aliphatic carbocycles. The molecule has 0 N–H and O–H groups in total. The van der Waals surface area contributed by atoms with Gasteiger partial charge in [0.1, 0.15) is 0 Å². The highest BCUT2D eigenvalue weighted by Gasteiger charge is 2.51. The lowest BCUT2D eigenvalue weighted by Crippen LogP contribution is -2.45. The second-order valence-electron chi connectivity index (χ2n) is 7.47. The minimum atomic E-state index is -1.86. The van der Waals surface area contributed by atoms with Crippen molar-refractivity contribution in [1.29, 1.82) is 0 Å². The second-order valence-corrected chi connectivity index (χ2v) is 7.47. The van der Waals surface area contributed by atoms with Crippen LogP contribution in [0.2, 0.25) is 0 Å². The summed E-state index contributed by atoms with van der Waals surface area (Å²) in [5.41, 5.74) is -3.43. The van der Waals surface area contributed by atoms with E-state index in [2.05, 4.69) is 0 Å². The maximum absolute atomic E-state index is 13.3.